The quantitative estimate of drug-likeness (QED) is 0.752. The molecule has 1 saturated carbocycles. The van der Waals surface area contributed by atoms with E-state index in [1.807, 2.05) is 0 Å². The molecule has 2 rings (SSSR count). The van der Waals surface area contributed by atoms with Crippen molar-refractivity contribution in [1.29, 1.82) is 0 Å². The molecular formula is C16H30O2. The van der Waals surface area contributed by atoms with Crippen LogP contribution in [0.4, 0.5) is 0 Å². The minimum Gasteiger partial charge on any atom is -0.375 e. The van der Waals surface area contributed by atoms with Gasteiger partial charge in [-0.05, 0) is 57.8 Å². The fourth-order valence-corrected chi connectivity index (χ4v) is 3.46. The lowest BCUT2D eigenvalue weighted by Gasteiger charge is -2.39. The van der Waals surface area contributed by atoms with Crippen molar-refractivity contribution in [3.8, 4) is 0 Å². The first-order valence-electron chi connectivity index (χ1n) is 7.76. The van der Waals surface area contributed by atoms with Crippen molar-refractivity contribution in [2.75, 3.05) is 6.61 Å². The Balaban J connectivity index is 1.74. The van der Waals surface area contributed by atoms with E-state index in [4.69, 9.17) is 9.47 Å². The Morgan fingerprint density at radius 3 is 2.22 bits per heavy atom. The summed E-state index contributed by atoms with van der Waals surface area (Å²) in [5, 5.41) is 0. The van der Waals surface area contributed by atoms with Crippen LogP contribution in [0.15, 0.2) is 0 Å². The Hall–Kier alpha value is -0.0800. The van der Waals surface area contributed by atoms with Gasteiger partial charge in [0, 0.05) is 13.0 Å². The van der Waals surface area contributed by atoms with Gasteiger partial charge in [0.1, 0.15) is 0 Å². The fourth-order valence-electron chi connectivity index (χ4n) is 3.46. The van der Waals surface area contributed by atoms with E-state index in [0.717, 1.165) is 31.3 Å². The van der Waals surface area contributed by atoms with Crippen LogP contribution >= 0.6 is 0 Å². The first kappa shape index (κ1) is 14.3. The second-order valence-corrected chi connectivity index (χ2v) is 7.14. The molecule has 0 aromatic heterocycles. The molecule has 0 amide bonds. The molecule has 106 valence electrons. The molecular weight excluding hydrogens is 224 g/mol. The lowest BCUT2D eigenvalue weighted by molar-refractivity contribution is -0.139. The number of ether oxygens (including phenoxy) is 2. The van der Waals surface area contributed by atoms with Crippen LogP contribution in [0, 0.1) is 11.8 Å². The third kappa shape index (κ3) is 3.96. The Kier molecular flexibility index (Phi) is 4.71. The van der Waals surface area contributed by atoms with Crippen molar-refractivity contribution < 1.29 is 9.47 Å². The first-order valence-corrected chi connectivity index (χ1v) is 7.76. The van der Waals surface area contributed by atoms with Crippen molar-refractivity contribution in [3.05, 3.63) is 0 Å². The summed E-state index contributed by atoms with van der Waals surface area (Å²) >= 11 is 0. The summed E-state index contributed by atoms with van der Waals surface area (Å²) in [6.07, 6.45) is 8.31. The molecule has 0 N–H and O–H groups in total. The zero-order chi connectivity index (χ0) is 13.2. The maximum absolute atomic E-state index is 6.32. The van der Waals surface area contributed by atoms with Gasteiger partial charge in [-0.15, -0.1) is 0 Å². The second-order valence-electron chi connectivity index (χ2n) is 7.14. The average molecular weight is 254 g/mol. The van der Waals surface area contributed by atoms with Crippen LogP contribution in [0.1, 0.15) is 66.2 Å². The largest absolute Gasteiger partial charge is 0.375 e. The van der Waals surface area contributed by atoms with Gasteiger partial charge >= 0.3 is 0 Å². The molecule has 0 spiro atoms. The van der Waals surface area contributed by atoms with Gasteiger partial charge in [0.2, 0.25) is 0 Å². The third-order valence-corrected chi connectivity index (χ3v) is 4.70. The van der Waals surface area contributed by atoms with Gasteiger partial charge in [0.25, 0.3) is 0 Å². The van der Waals surface area contributed by atoms with E-state index in [9.17, 15) is 0 Å². The summed E-state index contributed by atoms with van der Waals surface area (Å²) in [6.45, 7) is 9.93. The highest BCUT2D eigenvalue weighted by Crippen LogP contribution is 2.34. The maximum atomic E-state index is 6.32. The van der Waals surface area contributed by atoms with Crippen LogP contribution in [0.25, 0.3) is 0 Å². The Morgan fingerprint density at radius 1 is 1.00 bits per heavy atom. The summed E-state index contributed by atoms with van der Waals surface area (Å²) in [4.78, 5) is 0. The van der Waals surface area contributed by atoms with Gasteiger partial charge in [-0.1, -0.05) is 13.8 Å². The summed E-state index contributed by atoms with van der Waals surface area (Å²) in [7, 11) is 0. The van der Waals surface area contributed by atoms with Gasteiger partial charge in [0.15, 0.2) is 0 Å². The molecule has 2 fully saturated rings. The van der Waals surface area contributed by atoms with Crippen molar-refractivity contribution in [3.63, 3.8) is 0 Å². The van der Waals surface area contributed by atoms with Crippen molar-refractivity contribution in [2.24, 2.45) is 11.8 Å². The molecule has 0 aromatic carbocycles. The van der Waals surface area contributed by atoms with E-state index in [2.05, 4.69) is 27.7 Å². The molecule has 1 aliphatic carbocycles. The highest BCUT2D eigenvalue weighted by atomic mass is 16.5. The monoisotopic (exact) mass is 254 g/mol. The van der Waals surface area contributed by atoms with E-state index in [1.54, 1.807) is 0 Å². The van der Waals surface area contributed by atoms with Gasteiger partial charge in [0.05, 0.1) is 17.8 Å². The molecule has 2 nitrogen and oxygen atoms in total. The molecule has 18 heavy (non-hydrogen) atoms. The molecule has 1 aliphatic heterocycles. The predicted octanol–water partition coefficient (Wildman–Crippen LogP) is 4.18. The third-order valence-electron chi connectivity index (χ3n) is 4.70. The Bertz CT molecular complexity index is 252. The van der Waals surface area contributed by atoms with Crippen LogP contribution < -0.4 is 0 Å². The number of hydrogen-bond donors (Lipinski definition) is 0. The molecule has 0 radical (unpaired) electrons. The summed E-state index contributed by atoms with van der Waals surface area (Å²) in [5.41, 5.74) is 0.0120. The zero-order valence-electron chi connectivity index (χ0n) is 12.6. The minimum absolute atomic E-state index is 0.0120. The van der Waals surface area contributed by atoms with E-state index in [1.165, 1.54) is 25.7 Å². The SMILES string of the molecule is CC(C)[C@H]1CC[C@H](OC2CCOC(C)(C)C2)CC1. The molecule has 1 saturated heterocycles. The van der Waals surface area contributed by atoms with Crippen LogP contribution in [0.2, 0.25) is 0 Å². The highest BCUT2D eigenvalue weighted by Gasteiger charge is 2.32. The summed E-state index contributed by atoms with van der Waals surface area (Å²) < 4.78 is 12.1. The standard InChI is InChI=1S/C16H30O2/c1-12(2)13-5-7-14(8-6-13)18-15-9-10-17-16(3,4)11-15/h12-15H,5-11H2,1-4H3/t13-,14-,15?. The lowest BCUT2D eigenvalue weighted by atomic mass is 9.80. The van der Waals surface area contributed by atoms with Crippen LogP contribution in [-0.2, 0) is 9.47 Å². The van der Waals surface area contributed by atoms with Crippen molar-refractivity contribution in [1.82, 2.24) is 0 Å². The topological polar surface area (TPSA) is 18.5 Å². The molecule has 2 heteroatoms. The van der Waals surface area contributed by atoms with Crippen LogP contribution in [-0.4, -0.2) is 24.4 Å². The minimum atomic E-state index is 0.0120. The molecule has 2 aliphatic rings. The normalized spacial score (nSPS) is 36.8. The maximum Gasteiger partial charge on any atom is 0.0651 e. The molecule has 1 heterocycles. The van der Waals surface area contributed by atoms with E-state index < -0.39 is 0 Å². The summed E-state index contributed by atoms with van der Waals surface area (Å²) in [6, 6.07) is 0. The fraction of sp³-hybridized carbons (Fsp3) is 1.00. The number of hydrogen-bond acceptors (Lipinski definition) is 2. The average Bonchev–Trinajstić information content (AvgIpc) is 2.28. The zero-order valence-corrected chi connectivity index (χ0v) is 12.6. The van der Waals surface area contributed by atoms with Crippen molar-refractivity contribution in [2.45, 2.75) is 84.0 Å². The highest BCUT2D eigenvalue weighted by molar-refractivity contribution is 4.82. The molecule has 0 bridgehead atoms. The number of rotatable bonds is 3. The van der Waals surface area contributed by atoms with E-state index in [0.29, 0.717) is 12.2 Å². The van der Waals surface area contributed by atoms with Crippen LogP contribution in [0.5, 0.6) is 0 Å². The predicted molar refractivity (Wildman–Crippen MR) is 74.7 cm³/mol. The van der Waals surface area contributed by atoms with E-state index in [-0.39, 0.29) is 5.60 Å². The first-order chi connectivity index (χ1) is 8.46. The molecule has 1 atom stereocenters. The Labute approximate surface area is 112 Å². The van der Waals surface area contributed by atoms with Crippen LogP contribution in [0.3, 0.4) is 0 Å². The summed E-state index contributed by atoms with van der Waals surface area (Å²) in [5.74, 6) is 1.77. The second kappa shape index (κ2) is 5.92. The van der Waals surface area contributed by atoms with Gasteiger partial charge in [-0.3, -0.25) is 0 Å². The smallest absolute Gasteiger partial charge is 0.0651 e. The van der Waals surface area contributed by atoms with Crippen molar-refractivity contribution >= 4 is 0 Å². The van der Waals surface area contributed by atoms with Gasteiger partial charge < -0.3 is 9.47 Å². The van der Waals surface area contributed by atoms with Gasteiger partial charge in [-0.25, -0.2) is 0 Å². The Morgan fingerprint density at radius 2 is 1.67 bits per heavy atom. The molecule has 0 aromatic rings. The lowest BCUT2D eigenvalue weighted by Crippen LogP contribution is -2.40. The van der Waals surface area contributed by atoms with Gasteiger partial charge in [-0.2, -0.15) is 0 Å². The molecule has 1 unspecified atom stereocenters. The van der Waals surface area contributed by atoms with E-state index >= 15 is 0 Å².